The zero-order valence-electron chi connectivity index (χ0n) is 18.5. The molecule has 6 heteroatoms. The summed E-state index contributed by atoms with van der Waals surface area (Å²) in [6, 6.07) is 0. The van der Waals surface area contributed by atoms with Gasteiger partial charge in [-0.25, -0.2) is 4.57 Å². The summed E-state index contributed by atoms with van der Waals surface area (Å²) in [4.78, 5) is 21.6. The van der Waals surface area contributed by atoms with E-state index >= 15 is 0 Å². The van der Waals surface area contributed by atoms with Gasteiger partial charge in [-0.3, -0.25) is 0 Å². The summed E-state index contributed by atoms with van der Waals surface area (Å²) >= 11 is 0. The first-order chi connectivity index (χ1) is 13.4. The SMILES string of the molecule is CCCCCCCCCCCCCCCCCCCCCCO.O=P(O)(O)O. The molecule has 0 radical (unpaired) electrons. The summed E-state index contributed by atoms with van der Waals surface area (Å²) in [5.74, 6) is 0. The maximum absolute atomic E-state index is 8.88. The average molecular weight is 425 g/mol. The predicted octanol–water partition coefficient (Wildman–Crippen LogP) is 6.87. The van der Waals surface area contributed by atoms with Gasteiger partial charge in [0.05, 0.1) is 0 Å². The molecule has 0 aliphatic carbocycles. The molecule has 0 fully saturated rings. The van der Waals surface area contributed by atoms with Crippen molar-refractivity contribution < 1.29 is 24.4 Å². The van der Waals surface area contributed by atoms with E-state index in [4.69, 9.17) is 24.4 Å². The molecule has 0 spiro atoms. The van der Waals surface area contributed by atoms with Crippen LogP contribution in [-0.2, 0) is 4.57 Å². The lowest BCUT2D eigenvalue weighted by atomic mass is 10.0. The van der Waals surface area contributed by atoms with Gasteiger partial charge in [-0.15, -0.1) is 0 Å². The largest absolute Gasteiger partial charge is 0.466 e. The van der Waals surface area contributed by atoms with Crippen molar-refractivity contribution in [2.24, 2.45) is 0 Å². The summed E-state index contributed by atoms with van der Waals surface area (Å²) in [6.45, 7) is 2.67. The van der Waals surface area contributed by atoms with Crippen LogP contribution in [0.2, 0.25) is 0 Å². The molecule has 28 heavy (non-hydrogen) atoms. The third-order valence-electron chi connectivity index (χ3n) is 5.01. The van der Waals surface area contributed by atoms with Gasteiger partial charge in [-0.1, -0.05) is 129 Å². The fourth-order valence-electron chi connectivity index (χ4n) is 3.37. The van der Waals surface area contributed by atoms with Crippen molar-refractivity contribution in [3.63, 3.8) is 0 Å². The topological polar surface area (TPSA) is 98.0 Å². The fourth-order valence-corrected chi connectivity index (χ4v) is 3.37. The van der Waals surface area contributed by atoms with Crippen LogP contribution in [0.15, 0.2) is 0 Å². The van der Waals surface area contributed by atoms with Gasteiger partial charge in [0.1, 0.15) is 0 Å². The Morgan fingerprint density at radius 1 is 0.464 bits per heavy atom. The number of hydrogen-bond acceptors (Lipinski definition) is 2. The Bertz CT molecular complexity index is 292. The molecule has 0 unspecified atom stereocenters. The monoisotopic (exact) mass is 424 g/mol. The van der Waals surface area contributed by atoms with Crippen molar-refractivity contribution >= 4 is 7.82 Å². The van der Waals surface area contributed by atoms with E-state index in [1.807, 2.05) is 0 Å². The molecule has 5 nitrogen and oxygen atoms in total. The highest BCUT2D eigenvalue weighted by Gasteiger charge is 2.00. The Morgan fingerprint density at radius 2 is 0.643 bits per heavy atom. The molecule has 0 atom stereocenters. The van der Waals surface area contributed by atoms with Crippen LogP contribution in [0.5, 0.6) is 0 Å². The van der Waals surface area contributed by atoms with Crippen molar-refractivity contribution in [2.75, 3.05) is 6.61 Å². The zero-order chi connectivity index (χ0) is 21.3. The molecule has 4 N–H and O–H groups in total. The quantitative estimate of drug-likeness (QED) is 0.126. The molecule has 0 aromatic rings. The van der Waals surface area contributed by atoms with Crippen LogP contribution >= 0.6 is 7.82 Å². The fraction of sp³-hybridized carbons (Fsp3) is 1.00. The van der Waals surface area contributed by atoms with E-state index in [2.05, 4.69) is 6.92 Å². The predicted molar refractivity (Wildman–Crippen MR) is 119 cm³/mol. The molecule has 0 rings (SSSR count). The zero-order valence-corrected chi connectivity index (χ0v) is 19.4. The molecular formula is C22H49O5P. The highest BCUT2D eigenvalue weighted by atomic mass is 31.2. The second-order valence-corrected chi connectivity index (χ2v) is 8.98. The minimum atomic E-state index is -4.64. The Labute approximate surface area is 174 Å². The second-order valence-electron chi connectivity index (χ2n) is 7.95. The van der Waals surface area contributed by atoms with Gasteiger partial charge in [0.15, 0.2) is 0 Å². The van der Waals surface area contributed by atoms with Gasteiger partial charge < -0.3 is 19.8 Å². The lowest BCUT2D eigenvalue weighted by Crippen LogP contribution is -1.85. The van der Waals surface area contributed by atoms with Crippen molar-refractivity contribution in [1.29, 1.82) is 0 Å². The molecule has 0 heterocycles. The number of aliphatic hydroxyl groups is 1. The first-order valence-electron chi connectivity index (χ1n) is 11.8. The van der Waals surface area contributed by atoms with Crippen LogP contribution in [0.1, 0.15) is 135 Å². The van der Waals surface area contributed by atoms with Gasteiger partial charge in [0, 0.05) is 6.61 Å². The Hall–Kier alpha value is 0.0700. The molecule has 0 aliphatic rings. The molecule has 0 saturated heterocycles. The standard InChI is InChI=1S/C22H46O.H3O4P/c1-2-3-4-5-6-7-8-9-10-11-12-13-14-15-16-17-18-19-20-21-22-23;1-5(2,3)4/h23H,2-22H2,1H3;(H3,1,2,3,4). The van der Waals surface area contributed by atoms with Crippen LogP contribution in [-0.4, -0.2) is 26.4 Å². The number of rotatable bonds is 20. The second kappa shape index (κ2) is 25.1. The number of unbranched alkanes of at least 4 members (excludes halogenated alkanes) is 19. The summed E-state index contributed by atoms with van der Waals surface area (Å²) in [5, 5.41) is 8.71. The van der Waals surface area contributed by atoms with E-state index in [1.54, 1.807) is 0 Å². The molecule has 0 aliphatic heterocycles. The first-order valence-corrected chi connectivity index (χ1v) is 13.4. The van der Waals surface area contributed by atoms with Gasteiger partial charge in [0.2, 0.25) is 0 Å². The van der Waals surface area contributed by atoms with Gasteiger partial charge in [-0.2, -0.15) is 0 Å². The van der Waals surface area contributed by atoms with Crippen molar-refractivity contribution in [3.8, 4) is 0 Å². The Kier molecular flexibility index (Phi) is 27.1. The molecule has 0 amide bonds. The van der Waals surface area contributed by atoms with E-state index in [0.29, 0.717) is 6.61 Å². The summed E-state index contributed by atoms with van der Waals surface area (Å²) in [5.41, 5.74) is 0. The number of phosphoric acid groups is 1. The molecule has 172 valence electrons. The van der Waals surface area contributed by atoms with Crippen LogP contribution < -0.4 is 0 Å². The molecule has 0 aromatic heterocycles. The summed E-state index contributed by atoms with van der Waals surface area (Å²) in [6.07, 6.45) is 28.1. The molecular weight excluding hydrogens is 375 g/mol. The van der Waals surface area contributed by atoms with Crippen LogP contribution in [0.25, 0.3) is 0 Å². The normalized spacial score (nSPS) is 11.3. The number of hydrogen-bond donors (Lipinski definition) is 4. The third kappa shape index (κ3) is 40.7. The van der Waals surface area contributed by atoms with Gasteiger partial charge in [-0.05, 0) is 6.42 Å². The maximum Gasteiger partial charge on any atom is 0.466 e. The lowest BCUT2D eigenvalue weighted by Gasteiger charge is -2.03. The van der Waals surface area contributed by atoms with Crippen LogP contribution in [0.3, 0.4) is 0 Å². The van der Waals surface area contributed by atoms with E-state index in [-0.39, 0.29) is 0 Å². The van der Waals surface area contributed by atoms with Gasteiger partial charge in [0.25, 0.3) is 0 Å². The van der Waals surface area contributed by atoms with E-state index in [1.165, 1.54) is 122 Å². The van der Waals surface area contributed by atoms with E-state index in [9.17, 15) is 0 Å². The Balaban J connectivity index is 0. The minimum Gasteiger partial charge on any atom is -0.396 e. The lowest BCUT2D eigenvalue weighted by molar-refractivity contribution is 0.275. The van der Waals surface area contributed by atoms with Crippen LogP contribution in [0, 0.1) is 0 Å². The average Bonchev–Trinajstić information content (AvgIpc) is 2.62. The minimum absolute atomic E-state index is 0.374. The summed E-state index contributed by atoms with van der Waals surface area (Å²) < 4.78 is 8.88. The van der Waals surface area contributed by atoms with Crippen molar-refractivity contribution in [1.82, 2.24) is 0 Å². The van der Waals surface area contributed by atoms with Gasteiger partial charge >= 0.3 is 7.82 Å². The van der Waals surface area contributed by atoms with Crippen molar-refractivity contribution in [3.05, 3.63) is 0 Å². The van der Waals surface area contributed by atoms with E-state index < -0.39 is 7.82 Å². The number of aliphatic hydroxyl groups excluding tert-OH is 1. The highest BCUT2D eigenvalue weighted by molar-refractivity contribution is 7.45. The highest BCUT2D eigenvalue weighted by Crippen LogP contribution is 2.25. The van der Waals surface area contributed by atoms with E-state index in [0.717, 1.165) is 6.42 Å². The third-order valence-corrected chi connectivity index (χ3v) is 5.01. The molecule has 0 bridgehead atoms. The maximum atomic E-state index is 8.88. The summed E-state index contributed by atoms with van der Waals surface area (Å²) in [7, 11) is -4.64. The van der Waals surface area contributed by atoms with Crippen LogP contribution in [0.4, 0.5) is 0 Å². The Morgan fingerprint density at radius 3 is 0.821 bits per heavy atom. The smallest absolute Gasteiger partial charge is 0.396 e. The molecule has 0 saturated carbocycles. The molecule has 0 aromatic carbocycles. The first kappa shape index (κ1) is 30.3. The van der Waals surface area contributed by atoms with Crippen molar-refractivity contribution in [2.45, 2.75) is 135 Å².